The number of carbonyl (C=O) groups is 1. The van der Waals surface area contributed by atoms with Gasteiger partial charge in [-0.3, -0.25) is 0 Å². The van der Waals surface area contributed by atoms with Crippen molar-refractivity contribution >= 4 is 5.97 Å². The second-order valence-corrected chi connectivity index (χ2v) is 5.57. The zero-order valence-electron chi connectivity index (χ0n) is 12.3. The number of hydrogen-bond donors (Lipinski definition) is 10. The van der Waals surface area contributed by atoms with Crippen molar-refractivity contribution in [2.75, 3.05) is 13.2 Å². The van der Waals surface area contributed by atoms with Gasteiger partial charge in [0.15, 0.2) is 0 Å². The molecule has 0 aromatic rings. The van der Waals surface area contributed by atoms with Crippen LogP contribution in [0.15, 0.2) is 0 Å². The van der Waals surface area contributed by atoms with Gasteiger partial charge in [0.1, 0.15) is 48.8 Å². The third kappa shape index (κ3) is 3.52. The van der Waals surface area contributed by atoms with E-state index in [1.165, 1.54) is 0 Å². The molecule has 1 unspecified atom stereocenters. The Labute approximate surface area is 135 Å². The lowest BCUT2D eigenvalue weighted by atomic mass is 9.79. The Kier molecular flexibility index (Phi) is 7.01. The van der Waals surface area contributed by atoms with Crippen LogP contribution in [0.5, 0.6) is 0 Å². The van der Waals surface area contributed by atoms with Crippen LogP contribution in [-0.2, 0) is 9.53 Å². The molecule has 1 aliphatic heterocycles. The maximum atomic E-state index is 11.4. The lowest BCUT2D eigenvalue weighted by molar-refractivity contribution is -0.291. The van der Waals surface area contributed by atoms with Crippen LogP contribution in [0, 0.1) is 0 Å². The molecule has 0 aromatic carbocycles. The number of aliphatic carboxylic acids is 1. The molecule has 142 valence electrons. The Morgan fingerprint density at radius 3 is 2.00 bits per heavy atom. The molecule has 24 heavy (non-hydrogen) atoms. The predicted octanol–water partition coefficient (Wildman–Crippen LogP) is -6.28. The number of carboxylic acids is 1. The van der Waals surface area contributed by atoms with Gasteiger partial charge in [0, 0.05) is 0 Å². The van der Waals surface area contributed by atoms with Gasteiger partial charge >= 0.3 is 5.97 Å². The summed E-state index contributed by atoms with van der Waals surface area (Å²) in [6, 6.07) is 0. The number of hydrogen-bond acceptors (Lipinski definition) is 11. The molecule has 0 aromatic heterocycles. The van der Waals surface area contributed by atoms with Crippen molar-refractivity contribution in [1.82, 2.24) is 0 Å². The first-order valence-corrected chi connectivity index (χ1v) is 6.95. The van der Waals surface area contributed by atoms with E-state index in [4.69, 9.17) is 14.9 Å². The van der Waals surface area contributed by atoms with Gasteiger partial charge < -0.3 is 55.8 Å². The number of aliphatic hydroxyl groups excluding tert-OH is 8. The lowest BCUT2D eigenvalue weighted by Crippen LogP contribution is -2.72. The summed E-state index contributed by atoms with van der Waals surface area (Å²) < 4.78 is 4.89. The Morgan fingerprint density at radius 2 is 1.58 bits per heavy atom. The van der Waals surface area contributed by atoms with Gasteiger partial charge in [-0.15, -0.1) is 0 Å². The molecule has 0 amide bonds. The normalized spacial score (nSPS) is 37.3. The molecular weight excluding hydrogens is 336 g/mol. The van der Waals surface area contributed by atoms with E-state index in [1.807, 2.05) is 0 Å². The summed E-state index contributed by atoms with van der Waals surface area (Å²) in [7, 11) is 0. The monoisotopic (exact) mass is 358 g/mol. The SMILES string of the molecule is O=C(O)[C@@](O)(C1O[C@H](CO)[C@@H](O)[C@H](O)[C@H]1O)[C@@H](O)[C@H](O)[C@H](O)CO. The van der Waals surface area contributed by atoms with E-state index in [9.17, 15) is 45.6 Å². The van der Waals surface area contributed by atoms with E-state index >= 15 is 0 Å². The standard InChI is InChI=1S/C12H22O12/c13-1-3(15)5(16)9(20)12(23,11(21)22)10-8(19)7(18)6(17)4(2-14)24-10/h3-10,13-20,23H,1-2H2,(H,21,22)/t3-,4-,5-,6-,7+,8-,9+,10?,12+/m1/s1. The summed E-state index contributed by atoms with van der Waals surface area (Å²) >= 11 is 0. The van der Waals surface area contributed by atoms with Crippen molar-refractivity contribution in [1.29, 1.82) is 0 Å². The Morgan fingerprint density at radius 1 is 1.04 bits per heavy atom. The van der Waals surface area contributed by atoms with Gasteiger partial charge in [-0.1, -0.05) is 0 Å². The molecule has 10 N–H and O–H groups in total. The van der Waals surface area contributed by atoms with Crippen molar-refractivity contribution in [3.05, 3.63) is 0 Å². The molecule has 1 heterocycles. The van der Waals surface area contributed by atoms with Gasteiger partial charge in [-0.05, 0) is 0 Å². The van der Waals surface area contributed by atoms with E-state index in [-0.39, 0.29) is 0 Å². The van der Waals surface area contributed by atoms with Crippen LogP contribution in [0.1, 0.15) is 0 Å². The summed E-state index contributed by atoms with van der Waals surface area (Å²) in [4.78, 5) is 11.4. The molecule has 12 heteroatoms. The summed E-state index contributed by atoms with van der Waals surface area (Å²) in [6.45, 7) is -2.00. The summed E-state index contributed by atoms with van der Waals surface area (Å²) in [5.41, 5.74) is -3.45. The van der Waals surface area contributed by atoms with Gasteiger partial charge in [0.25, 0.3) is 0 Å². The van der Waals surface area contributed by atoms with Crippen LogP contribution in [0.4, 0.5) is 0 Å². The Bertz CT molecular complexity index is 430. The molecule has 0 spiro atoms. The number of aliphatic hydroxyl groups is 9. The van der Waals surface area contributed by atoms with E-state index in [1.54, 1.807) is 0 Å². The topological polar surface area (TPSA) is 229 Å². The number of rotatable bonds is 7. The van der Waals surface area contributed by atoms with Gasteiger partial charge in [0.05, 0.1) is 13.2 Å². The fourth-order valence-corrected chi connectivity index (χ4v) is 2.46. The zero-order chi connectivity index (χ0) is 18.8. The molecule has 1 aliphatic rings. The molecule has 1 saturated heterocycles. The third-order valence-corrected chi connectivity index (χ3v) is 4.02. The van der Waals surface area contributed by atoms with Crippen LogP contribution in [-0.4, -0.2) is 125 Å². The quantitative estimate of drug-likeness (QED) is 0.205. The molecule has 0 aliphatic carbocycles. The minimum Gasteiger partial charge on any atom is -0.479 e. The Hall–Kier alpha value is -0.930. The first-order chi connectivity index (χ1) is 11.0. The van der Waals surface area contributed by atoms with E-state index in [0.29, 0.717) is 0 Å². The summed E-state index contributed by atoms with van der Waals surface area (Å²) in [6.07, 6.45) is -17.0. The highest BCUT2D eigenvalue weighted by Crippen LogP contribution is 2.32. The highest BCUT2D eigenvalue weighted by atomic mass is 16.6. The predicted molar refractivity (Wildman–Crippen MR) is 71.5 cm³/mol. The molecule has 9 atom stereocenters. The smallest absolute Gasteiger partial charge is 0.341 e. The molecule has 0 radical (unpaired) electrons. The molecule has 1 rings (SSSR count). The molecular formula is C12H22O12. The first-order valence-electron chi connectivity index (χ1n) is 6.95. The molecule has 0 saturated carbocycles. The maximum absolute atomic E-state index is 11.4. The average Bonchev–Trinajstić information content (AvgIpc) is 2.56. The van der Waals surface area contributed by atoms with Crippen LogP contribution < -0.4 is 0 Å². The molecule has 1 fully saturated rings. The van der Waals surface area contributed by atoms with Crippen molar-refractivity contribution < 1.29 is 60.6 Å². The number of ether oxygens (including phenoxy) is 1. The van der Waals surface area contributed by atoms with Crippen LogP contribution in [0.25, 0.3) is 0 Å². The fraction of sp³-hybridized carbons (Fsp3) is 0.917. The average molecular weight is 358 g/mol. The summed E-state index contributed by atoms with van der Waals surface area (Å²) in [5.74, 6) is -2.19. The fourth-order valence-electron chi connectivity index (χ4n) is 2.46. The minimum absolute atomic E-state index is 0.922. The van der Waals surface area contributed by atoms with E-state index < -0.39 is 73.6 Å². The first kappa shape index (κ1) is 21.1. The minimum atomic E-state index is -3.45. The molecule has 12 nitrogen and oxygen atoms in total. The van der Waals surface area contributed by atoms with Crippen LogP contribution >= 0.6 is 0 Å². The largest absolute Gasteiger partial charge is 0.479 e. The highest BCUT2D eigenvalue weighted by Gasteiger charge is 2.61. The second kappa shape index (κ2) is 7.97. The van der Waals surface area contributed by atoms with E-state index in [2.05, 4.69) is 0 Å². The van der Waals surface area contributed by atoms with Crippen molar-refractivity contribution in [2.24, 2.45) is 0 Å². The number of carboxylic acid groups (broad SMARTS) is 1. The van der Waals surface area contributed by atoms with Crippen molar-refractivity contribution in [2.45, 2.75) is 54.4 Å². The van der Waals surface area contributed by atoms with E-state index in [0.717, 1.165) is 0 Å². The van der Waals surface area contributed by atoms with Crippen molar-refractivity contribution in [3.8, 4) is 0 Å². The lowest BCUT2D eigenvalue weighted by Gasteiger charge is -2.47. The maximum Gasteiger partial charge on any atom is 0.341 e. The second-order valence-electron chi connectivity index (χ2n) is 5.57. The molecule has 0 bridgehead atoms. The van der Waals surface area contributed by atoms with Gasteiger partial charge in [0.2, 0.25) is 5.60 Å². The third-order valence-electron chi connectivity index (χ3n) is 4.02. The van der Waals surface area contributed by atoms with Crippen molar-refractivity contribution in [3.63, 3.8) is 0 Å². The van der Waals surface area contributed by atoms with Crippen LogP contribution in [0.3, 0.4) is 0 Å². The zero-order valence-corrected chi connectivity index (χ0v) is 12.3. The van der Waals surface area contributed by atoms with Gasteiger partial charge in [-0.25, -0.2) is 4.79 Å². The summed E-state index contributed by atoms with van der Waals surface area (Å²) in [5, 5.41) is 95.4. The van der Waals surface area contributed by atoms with Gasteiger partial charge in [-0.2, -0.15) is 0 Å². The Balaban J connectivity index is 3.24. The van der Waals surface area contributed by atoms with Crippen LogP contribution in [0.2, 0.25) is 0 Å². The highest BCUT2D eigenvalue weighted by molar-refractivity contribution is 5.79.